The van der Waals surface area contributed by atoms with Crippen LogP contribution in [-0.4, -0.2) is 11.2 Å². The Morgan fingerprint density at radius 2 is 2.00 bits per heavy atom. The molecule has 1 saturated carbocycles. The number of hydrogen-bond donors (Lipinski definition) is 1. The second kappa shape index (κ2) is 4.03. The minimum atomic E-state index is -0.188. The summed E-state index contributed by atoms with van der Waals surface area (Å²) in [4.78, 5) is 0. The molecule has 2 aliphatic rings. The van der Waals surface area contributed by atoms with Gasteiger partial charge in [0.2, 0.25) is 0 Å². The van der Waals surface area contributed by atoms with Crippen LogP contribution in [0.5, 0.6) is 0 Å². The molecule has 2 aliphatic carbocycles. The van der Waals surface area contributed by atoms with Crippen molar-refractivity contribution in [3.8, 4) is 0 Å². The molecule has 0 amide bonds. The van der Waals surface area contributed by atoms with Gasteiger partial charge in [-0.05, 0) is 62.9 Å². The Morgan fingerprint density at radius 1 is 1.38 bits per heavy atom. The van der Waals surface area contributed by atoms with Crippen molar-refractivity contribution < 1.29 is 5.11 Å². The van der Waals surface area contributed by atoms with Crippen LogP contribution in [0.1, 0.15) is 52.9 Å². The van der Waals surface area contributed by atoms with Crippen molar-refractivity contribution >= 4 is 0 Å². The Morgan fingerprint density at radius 3 is 2.62 bits per heavy atom. The Bertz CT molecular complexity index is 339. The van der Waals surface area contributed by atoms with Crippen LogP contribution in [0.3, 0.4) is 0 Å². The number of allylic oxidation sites excluding steroid dienone is 2. The average Bonchev–Trinajstić information content (AvgIpc) is 2.24. The second-order valence-corrected chi connectivity index (χ2v) is 6.06. The highest BCUT2D eigenvalue weighted by Crippen LogP contribution is 2.51. The standard InChI is InChI=1S/C15H24O/c1-10(2)12-5-7-15(4)8-6-14(16)11(3)13(15)9-12/h12,14,16H,1,5-9H2,2-4H3/t12-,14+,15-/m0/s1. The van der Waals surface area contributed by atoms with Crippen molar-refractivity contribution in [1.29, 1.82) is 0 Å². The van der Waals surface area contributed by atoms with Gasteiger partial charge in [-0.1, -0.05) is 24.6 Å². The lowest BCUT2D eigenvalue weighted by Crippen LogP contribution is -2.35. The fourth-order valence-electron chi connectivity index (χ4n) is 3.44. The molecule has 0 aliphatic heterocycles. The number of fused-ring (bicyclic) bond motifs is 1. The third-order valence-corrected chi connectivity index (χ3v) is 4.87. The van der Waals surface area contributed by atoms with E-state index in [1.165, 1.54) is 29.6 Å². The number of aliphatic hydroxyl groups is 1. The van der Waals surface area contributed by atoms with Gasteiger partial charge in [0, 0.05) is 0 Å². The molecule has 90 valence electrons. The Hall–Kier alpha value is -0.560. The van der Waals surface area contributed by atoms with Gasteiger partial charge in [-0.15, -0.1) is 0 Å². The fourth-order valence-corrected chi connectivity index (χ4v) is 3.44. The van der Waals surface area contributed by atoms with Gasteiger partial charge in [0.1, 0.15) is 0 Å². The van der Waals surface area contributed by atoms with Crippen molar-refractivity contribution in [1.82, 2.24) is 0 Å². The first kappa shape index (κ1) is 11.9. The molecule has 1 N–H and O–H groups in total. The van der Waals surface area contributed by atoms with Crippen molar-refractivity contribution in [3.63, 3.8) is 0 Å². The quantitative estimate of drug-likeness (QED) is 0.666. The summed E-state index contributed by atoms with van der Waals surface area (Å²) >= 11 is 0. The normalized spacial score (nSPS) is 39.5. The highest BCUT2D eigenvalue weighted by Gasteiger charge is 2.40. The zero-order valence-corrected chi connectivity index (χ0v) is 10.8. The topological polar surface area (TPSA) is 20.2 Å². The first-order valence-corrected chi connectivity index (χ1v) is 6.47. The van der Waals surface area contributed by atoms with Crippen LogP contribution in [0.4, 0.5) is 0 Å². The Kier molecular flexibility index (Phi) is 3.00. The molecule has 1 nitrogen and oxygen atoms in total. The Labute approximate surface area is 99.3 Å². The third kappa shape index (κ3) is 1.86. The van der Waals surface area contributed by atoms with Gasteiger partial charge in [0.05, 0.1) is 6.10 Å². The summed E-state index contributed by atoms with van der Waals surface area (Å²) in [6.45, 7) is 10.7. The predicted molar refractivity (Wildman–Crippen MR) is 68.2 cm³/mol. The van der Waals surface area contributed by atoms with Gasteiger partial charge in [-0.2, -0.15) is 0 Å². The highest BCUT2D eigenvalue weighted by atomic mass is 16.3. The van der Waals surface area contributed by atoms with E-state index in [9.17, 15) is 5.11 Å². The third-order valence-electron chi connectivity index (χ3n) is 4.87. The van der Waals surface area contributed by atoms with Crippen LogP contribution >= 0.6 is 0 Å². The lowest BCUT2D eigenvalue weighted by molar-refractivity contribution is 0.133. The summed E-state index contributed by atoms with van der Waals surface area (Å²) in [6.07, 6.45) is 5.59. The SMILES string of the molecule is C=C(C)[C@H]1CC[C@@]2(C)CC[C@@H](O)C(C)=C2C1. The molecule has 0 aromatic rings. The summed E-state index contributed by atoms with van der Waals surface area (Å²) in [5.74, 6) is 0.642. The van der Waals surface area contributed by atoms with Crippen molar-refractivity contribution in [2.45, 2.75) is 59.0 Å². The molecule has 0 saturated heterocycles. The van der Waals surface area contributed by atoms with Crippen LogP contribution in [0, 0.1) is 11.3 Å². The minimum Gasteiger partial charge on any atom is -0.389 e. The first-order chi connectivity index (χ1) is 7.44. The Balaban J connectivity index is 2.31. The van der Waals surface area contributed by atoms with E-state index in [0.717, 1.165) is 19.3 Å². The van der Waals surface area contributed by atoms with E-state index < -0.39 is 0 Å². The summed E-state index contributed by atoms with van der Waals surface area (Å²) in [5, 5.41) is 9.98. The predicted octanol–water partition coefficient (Wildman–Crippen LogP) is 3.84. The van der Waals surface area contributed by atoms with Gasteiger partial charge in [0.25, 0.3) is 0 Å². The van der Waals surface area contributed by atoms with Gasteiger partial charge in [0.15, 0.2) is 0 Å². The summed E-state index contributed by atoms with van der Waals surface area (Å²) in [6, 6.07) is 0. The molecule has 0 spiro atoms. The number of hydrogen-bond acceptors (Lipinski definition) is 1. The minimum absolute atomic E-state index is 0.188. The molecule has 0 aromatic heterocycles. The highest BCUT2D eigenvalue weighted by molar-refractivity contribution is 5.30. The van der Waals surface area contributed by atoms with Crippen molar-refractivity contribution in [2.24, 2.45) is 11.3 Å². The van der Waals surface area contributed by atoms with E-state index in [1.807, 2.05) is 0 Å². The molecule has 0 unspecified atom stereocenters. The van der Waals surface area contributed by atoms with Gasteiger partial charge < -0.3 is 5.11 Å². The molecular formula is C15H24O. The first-order valence-electron chi connectivity index (χ1n) is 6.47. The molecule has 1 heteroatoms. The molecule has 0 heterocycles. The largest absolute Gasteiger partial charge is 0.389 e. The lowest BCUT2D eigenvalue weighted by atomic mass is 9.60. The van der Waals surface area contributed by atoms with Crippen LogP contribution in [0.15, 0.2) is 23.3 Å². The summed E-state index contributed by atoms with van der Waals surface area (Å²) < 4.78 is 0. The van der Waals surface area contributed by atoms with E-state index in [2.05, 4.69) is 27.4 Å². The summed E-state index contributed by atoms with van der Waals surface area (Å²) in [7, 11) is 0. The van der Waals surface area contributed by atoms with Crippen LogP contribution in [-0.2, 0) is 0 Å². The molecule has 3 atom stereocenters. The average molecular weight is 220 g/mol. The number of aliphatic hydroxyl groups excluding tert-OH is 1. The monoisotopic (exact) mass is 220 g/mol. The van der Waals surface area contributed by atoms with Crippen molar-refractivity contribution in [3.05, 3.63) is 23.3 Å². The van der Waals surface area contributed by atoms with E-state index >= 15 is 0 Å². The second-order valence-electron chi connectivity index (χ2n) is 6.06. The zero-order chi connectivity index (χ0) is 11.9. The fraction of sp³-hybridized carbons (Fsp3) is 0.733. The van der Waals surface area contributed by atoms with Gasteiger partial charge >= 0.3 is 0 Å². The van der Waals surface area contributed by atoms with Crippen molar-refractivity contribution in [2.75, 3.05) is 0 Å². The maximum absolute atomic E-state index is 9.98. The summed E-state index contributed by atoms with van der Waals surface area (Å²) in [5.41, 5.74) is 4.46. The maximum atomic E-state index is 9.98. The van der Waals surface area contributed by atoms with Crippen LogP contribution < -0.4 is 0 Å². The van der Waals surface area contributed by atoms with E-state index in [4.69, 9.17) is 0 Å². The van der Waals surface area contributed by atoms with Gasteiger partial charge in [-0.25, -0.2) is 0 Å². The smallest absolute Gasteiger partial charge is 0.0750 e. The lowest BCUT2D eigenvalue weighted by Gasteiger charge is -2.45. The maximum Gasteiger partial charge on any atom is 0.0750 e. The van der Waals surface area contributed by atoms with E-state index in [-0.39, 0.29) is 6.10 Å². The molecule has 0 radical (unpaired) electrons. The molecular weight excluding hydrogens is 196 g/mol. The molecule has 1 fully saturated rings. The zero-order valence-electron chi connectivity index (χ0n) is 10.8. The van der Waals surface area contributed by atoms with E-state index in [1.54, 1.807) is 0 Å². The number of rotatable bonds is 1. The molecule has 2 rings (SSSR count). The van der Waals surface area contributed by atoms with E-state index in [0.29, 0.717) is 11.3 Å². The molecule has 0 bridgehead atoms. The molecule has 0 aromatic carbocycles. The van der Waals surface area contributed by atoms with Crippen LogP contribution in [0.25, 0.3) is 0 Å². The van der Waals surface area contributed by atoms with Gasteiger partial charge in [-0.3, -0.25) is 0 Å². The van der Waals surface area contributed by atoms with Crippen LogP contribution in [0.2, 0.25) is 0 Å². The molecule has 16 heavy (non-hydrogen) atoms.